The van der Waals surface area contributed by atoms with Gasteiger partial charge in [-0.1, -0.05) is 18.2 Å². The van der Waals surface area contributed by atoms with Crippen molar-refractivity contribution < 1.29 is 9.53 Å². The van der Waals surface area contributed by atoms with Gasteiger partial charge in [0.05, 0.1) is 12.5 Å². The predicted octanol–water partition coefficient (Wildman–Crippen LogP) is 0.715. The maximum absolute atomic E-state index is 11.8. The summed E-state index contributed by atoms with van der Waals surface area (Å²) in [5, 5.41) is 6.68. The average Bonchev–Trinajstić information content (AvgIpc) is 2.81. The Morgan fingerprint density at radius 3 is 2.85 bits per heavy atom. The summed E-state index contributed by atoms with van der Waals surface area (Å²) in [5.41, 5.74) is 2.21. The van der Waals surface area contributed by atoms with Crippen LogP contribution in [0.2, 0.25) is 0 Å². The number of fused-ring (bicyclic) bond motifs is 3. The van der Waals surface area contributed by atoms with Crippen molar-refractivity contribution in [3.05, 3.63) is 34.8 Å². The van der Waals surface area contributed by atoms with Gasteiger partial charge in [-0.3, -0.25) is 0 Å². The van der Waals surface area contributed by atoms with E-state index in [2.05, 4.69) is 28.9 Å². The lowest BCUT2D eigenvalue weighted by Crippen LogP contribution is -2.47. The molecule has 0 saturated carbocycles. The second-order valence-corrected chi connectivity index (χ2v) is 4.96. The van der Waals surface area contributed by atoms with Crippen molar-refractivity contribution in [1.82, 2.24) is 9.88 Å². The number of aryl methyl sites for hydroxylation is 1. The molecule has 0 saturated heterocycles. The standard InChI is InChI=1S/C16H18N2O2/c1-4-18-14-8-6-5-7-11(14)12-9-13(16(19)20-3)17-10(2)15(12)18/h5-9,13,17H,4H2,1-3H3. The zero-order valence-electron chi connectivity index (χ0n) is 11.9. The highest BCUT2D eigenvalue weighted by Gasteiger charge is 2.22. The second-order valence-electron chi connectivity index (χ2n) is 4.96. The van der Waals surface area contributed by atoms with Gasteiger partial charge in [-0.2, -0.15) is 0 Å². The van der Waals surface area contributed by atoms with E-state index in [0.717, 1.165) is 22.8 Å². The topological polar surface area (TPSA) is 43.3 Å². The molecule has 1 unspecified atom stereocenters. The molecule has 3 rings (SSSR count). The molecule has 1 aliphatic rings. The fourth-order valence-corrected chi connectivity index (χ4v) is 3.00. The monoisotopic (exact) mass is 270 g/mol. The Balaban J connectivity index is 2.40. The smallest absolute Gasteiger partial charge is 0.332 e. The number of nitrogens with zero attached hydrogens (tertiary/aromatic N) is 1. The summed E-state index contributed by atoms with van der Waals surface area (Å²) in [5.74, 6) is -0.261. The highest BCUT2D eigenvalue weighted by Crippen LogP contribution is 2.11. The number of hydrogen-bond acceptors (Lipinski definition) is 3. The lowest BCUT2D eigenvalue weighted by Gasteiger charge is -2.18. The zero-order valence-corrected chi connectivity index (χ0v) is 11.9. The molecule has 1 aromatic carbocycles. The van der Waals surface area contributed by atoms with Gasteiger partial charge < -0.3 is 14.6 Å². The van der Waals surface area contributed by atoms with Crippen LogP contribution in [0.15, 0.2) is 24.3 Å². The van der Waals surface area contributed by atoms with Gasteiger partial charge in [0.15, 0.2) is 0 Å². The van der Waals surface area contributed by atoms with Crippen molar-refractivity contribution in [3.63, 3.8) is 0 Å². The number of hydrogen-bond donors (Lipinski definition) is 1. The molecule has 0 spiro atoms. The summed E-state index contributed by atoms with van der Waals surface area (Å²) in [6.07, 6.45) is 1.96. The third-order valence-electron chi connectivity index (χ3n) is 3.84. The Kier molecular flexibility index (Phi) is 3.01. The van der Waals surface area contributed by atoms with Gasteiger partial charge >= 0.3 is 5.97 Å². The van der Waals surface area contributed by atoms with Gasteiger partial charge in [0.2, 0.25) is 0 Å². The van der Waals surface area contributed by atoms with E-state index in [-0.39, 0.29) is 5.97 Å². The highest BCUT2D eigenvalue weighted by atomic mass is 16.5. The molecular formula is C16H18N2O2. The third-order valence-corrected chi connectivity index (χ3v) is 3.84. The van der Waals surface area contributed by atoms with E-state index in [0.29, 0.717) is 0 Å². The van der Waals surface area contributed by atoms with Gasteiger partial charge in [-0.25, -0.2) is 4.79 Å². The van der Waals surface area contributed by atoms with Crippen molar-refractivity contribution in [3.8, 4) is 0 Å². The molecule has 0 bridgehead atoms. The second kappa shape index (κ2) is 4.71. The van der Waals surface area contributed by atoms with Crippen LogP contribution in [0.5, 0.6) is 0 Å². The van der Waals surface area contributed by atoms with Crippen LogP contribution in [0, 0.1) is 0 Å². The summed E-state index contributed by atoms with van der Waals surface area (Å²) in [7, 11) is 1.41. The van der Waals surface area contributed by atoms with Crippen LogP contribution in [-0.4, -0.2) is 23.7 Å². The number of rotatable bonds is 2. The minimum Gasteiger partial charge on any atom is -0.467 e. The number of benzene rings is 1. The Morgan fingerprint density at radius 1 is 1.40 bits per heavy atom. The molecule has 2 aromatic rings. The van der Waals surface area contributed by atoms with Crippen LogP contribution in [-0.2, 0) is 16.1 Å². The lowest BCUT2D eigenvalue weighted by molar-refractivity contribution is -0.141. The minimum absolute atomic E-state index is 0.261. The van der Waals surface area contributed by atoms with Crippen molar-refractivity contribution in [2.45, 2.75) is 26.4 Å². The van der Waals surface area contributed by atoms with Gasteiger partial charge in [-0.15, -0.1) is 0 Å². The van der Waals surface area contributed by atoms with Crippen molar-refractivity contribution in [2.24, 2.45) is 0 Å². The molecule has 1 atom stereocenters. The van der Waals surface area contributed by atoms with Gasteiger partial charge in [0.1, 0.15) is 6.04 Å². The molecular weight excluding hydrogens is 252 g/mol. The first-order chi connectivity index (χ1) is 9.67. The first-order valence-corrected chi connectivity index (χ1v) is 6.81. The molecule has 0 aliphatic carbocycles. The summed E-state index contributed by atoms with van der Waals surface area (Å²) in [6.45, 7) is 5.03. The molecule has 2 heterocycles. The molecule has 4 nitrogen and oxygen atoms in total. The van der Waals surface area contributed by atoms with Crippen LogP contribution in [0.25, 0.3) is 22.7 Å². The SMILES string of the molecule is CCn1c2c(c3ccccc31)=CC(C(=O)OC)NC=2C. The summed E-state index contributed by atoms with van der Waals surface area (Å²) >= 11 is 0. The fourth-order valence-electron chi connectivity index (χ4n) is 3.00. The number of carbonyl (C=O) groups is 1. The Bertz CT molecular complexity index is 802. The lowest BCUT2D eigenvalue weighted by atomic mass is 10.1. The average molecular weight is 270 g/mol. The van der Waals surface area contributed by atoms with Crippen molar-refractivity contribution in [1.29, 1.82) is 0 Å². The van der Waals surface area contributed by atoms with E-state index in [4.69, 9.17) is 4.74 Å². The van der Waals surface area contributed by atoms with Gasteiger partial charge in [-0.05, 0) is 26.0 Å². The number of methoxy groups -OCH3 is 1. The van der Waals surface area contributed by atoms with Crippen LogP contribution in [0.3, 0.4) is 0 Å². The van der Waals surface area contributed by atoms with E-state index in [1.807, 2.05) is 25.1 Å². The normalized spacial score (nSPS) is 17.4. The Hall–Kier alpha value is -2.23. The summed E-state index contributed by atoms with van der Waals surface area (Å²) in [6, 6.07) is 7.88. The largest absolute Gasteiger partial charge is 0.467 e. The van der Waals surface area contributed by atoms with Crippen LogP contribution < -0.4 is 15.9 Å². The van der Waals surface area contributed by atoms with E-state index < -0.39 is 6.04 Å². The first-order valence-electron chi connectivity index (χ1n) is 6.81. The molecule has 1 aliphatic heterocycles. The van der Waals surface area contributed by atoms with Crippen LogP contribution in [0.1, 0.15) is 13.8 Å². The molecule has 4 heteroatoms. The minimum atomic E-state index is -0.413. The van der Waals surface area contributed by atoms with Crippen molar-refractivity contribution in [2.75, 3.05) is 7.11 Å². The van der Waals surface area contributed by atoms with E-state index in [1.54, 1.807) is 0 Å². The van der Waals surface area contributed by atoms with Crippen molar-refractivity contribution >= 4 is 28.6 Å². The Labute approximate surface area is 117 Å². The molecule has 0 radical (unpaired) electrons. The highest BCUT2D eigenvalue weighted by molar-refractivity contribution is 5.89. The first kappa shape index (κ1) is 12.8. The van der Waals surface area contributed by atoms with E-state index >= 15 is 0 Å². The molecule has 104 valence electrons. The molecule has 0 fully saturated rings. The molecule has 1 aromatic heterocycles. The summed E-state index contributed by atoms with van der Waals surface area (Å²) in [4.78, 5) is 11.8. The quantitative estimate of drug-likeness (QED) is 0.818. The molecule has 1 N–H and O–H groups in total. The Morgan fingerprint density at radius 2 is 2.15 bits per heavy atom. The van der Waals surface area contributed by atoms with Crippen LogP contribution >= 0.6 is 0 Å². The molecule has 0 amide bonds. The third kappa shape index (κ3) is 1.72. The van der Waals surface area contributed by atoms with Crippen LogP contribution in [0.4, 0.5) is 0 Å². The maximum atomic E-state index is 11.8. The number of para-hydroxylation sites is 1. The van der Waals surface area contributed by atoms with Gasteiger partial charge in [0, 0.05) is 28.4 Å². The number of aromatic nitrogens is 1. The number of ether oxygens (including phenoxy) is 1. The number of nitrogens with one attached hydrogen (secondary N) is 1. The van der Waals surface area contributed by atoms with E-state index in [9.17, 15) is 4.79 Å². The number of esters is 1. The van der Waals surface area contributed by atoms with E-state index in [1.165, 1.54) is 18.0 Å². The predicted molar refractivity (Wildman–Crippen MR) is 79.3 cm³/mol. The molecule has 20 heavy (non-hydrogen) atoms. The zero-order chi connectivity index (χ0) is 14.3. The fraction of sp³-hybridized carbons (Fsp3) is 0.312. The maximum Gasteiger partial charge on any atom is 0.332 e. The summed E-state index contributed by atoms with van der Waals surface area (Å²) < 4.78 is 7.12. The number of carbonyl (C=O) groups excluding carboxylic acids is 1. The van der Waals surface area contributed by atoms with Gasteiger partial charge in [0.25, 0.3) is 0 Å².